The van der Waals surface area contributed by atoms with Crippen LogP contribution >= 0.6 is 15.9 Å². The van der Waals surface area contributed by atoms with E-state index < -0.39 is 0 Å². The number of furan rings is 1. The predicted octanol–water partition coefficient (Wildman–Crippen LogP) is 4.36. The Morgan fingerprint density at radius 1 is 1.21 bits per heavy atom. The van der Waals surface area contributed by atoms with Gasteiger partial charge in [0.2, 0.25) is 5.91 Å². The van der Waals surface area contributed by atoms with Gasteiger partial charge in [0.05, 0.1) is 6.54 Å². The fraction of sp³-hybridized carbons (Fsp3) is 0.294. The molecule has 24 heavy (non-hydrogen) atoms. The Morgan fingerprint density at radius 3 is 2.58 bits per heavy atom. The van der Waals surface area contributed by atoms with Crippen molar-refractivity contribution in [2.45, 2.75) is 26.8 Å². The summed E-state index contributed by atoms with van der Waals surface area (Å²) in [6.07, 6.45) is 0.400. The van der Waals surface area contributed by atoms with E-state index in [0.29, 0.717) is 34.8 Å². The van der Waals surface area contributed by atoms with Gasteiger partial charge in [-0.05, 0) is 52.7 Å². The summed E-state index contributed by atoms with van der Waals surface area (Å²) in [6.45, 7) is 4.03. The van der Waals surface area contributed by atoms with E-state index in [2.05, 4.69) is 26.6 Å². The third-order valence-electron chi connectivity index (χ3n) is 3.45. The van der Waals surface area contributed by atoms with Gasteiger partial charge in [0.25, 0.3) is 0 Å². The first-order valence-electron chi connectivity index (χ1n) is 7.56. The van der Waals surface area contributed by atoms with E-state index in [-0.39, 0.29) is 11.9 Å². The first-order chi connectivity index (χ1) is 11.4. The first-order valence-corrected chi connectivity index (χ1v) is 8.35. The summed E-state index contributed by atoms with van der Waals surface area (Å²) in [6, 6.07) is 8.74. The Morgan fingerprint density at radius 2 is 1.96 bits per heavy atom. The van der Waals surface area contributed by atoms with E-state index >= 15 is 0 Å². The van der Waals surface area contributed by atoms with Crippen LogP contribution in [0.5, 0.6) is 0 Å². The van der Waals surface area contributed by atoms with Gasteiger partial charge in [0.1, 0.15) is 5.76 Å². The molecule has 0 aliphatic carbocycles. The highest BCUT2D eigenvalue weighted by atomic mass is 79.9. The maximum Gasteiger partial charge on any atom is 0.322 e. The number of aryl methyl sites for hydroxylation is 1. The quantitative estimate of drug-likeness (QED) is 0.791. The molecular formula is C17H20BrN3O3. The monoisotopic (exact) mass is 393 g/mol. The molecule has 6 nitrogen and oxygen atoms in total. The number of anilines is 2. The Bertz CT molecular complexity index is 742. The van der Waals surface area contributed by atoms with Gasteiger partial charge in [-0.1, -0.05) is 13.0 Å². The van der Waals surface area contributed by atoms with Crippen molar-refractivity contribution in [2.24, 2.45) is 0 Å². The van der Waals surface area contributed by atoms with Crippen LogP contribution in [0.2, 0.25) is 0 Å². The number of hydrogen-bond donors (Lipinski definition) is 2. The molecule has 0 saturated heterocycles. The number of benzene rings is 1. The second-order valence-corrected chi connectivity index (χ2v) is 6.21. The van der Waals surface area contributed by atoms with E-state index in [9.17, 15) is 9.59 Å². The fourth-order valence-corrected chi connectivity index (χ4v) is 2.38. The smallest absolute Gasteiger partial charge is 0.322 e. The van der Waals surface area contributed by atoms with Gasteiger partial charge in [0.15, 0.2) is 4.67 Å². The normalized spacial score (nSPS) is 10.3. The van der Waals surface area contributed by atoms with Gasteiger partial charge in [-0.15, -0.1) is 0 Å². The minimum atomic E-state index is -0.260. The van der Waals surface area contributed by atoms with Gasteiger partial charge < -0.3 is 20.0 Å². The van der Waals surface area contributed by atoms with Crippen LogP contribution in [0.25, 0.3) is 0 Å². The van der Waals surface area contributed by atoms with Crippen LogP contribution in [-0.4, -0.2) is 23.9 Å². The van der Waals surface area contributed by atoms with Crippen LogP contribution in [0.4, 0.5) is 16.2 Å². The van der Waals surface area contributed by atoms with E-state index in [1.807, 2.05) is 19.1 Å². The first kappa shape index (κ1) is 18.1. The molecule has 128 valence electrons. The highest BCUT2D eigenvalue weighted by Gasteiger charge is 2.13. The van der Waals surface area contributed by atoms with Crippen molar-refractivity contribution in [1.82, 2.24) is 4.90 Å². The predicted molar refractivity (Wildman–Crippen MR) is 97.0 cm³/mol. The summed E-state index contributed by atoms with van der Waals surface area (Å²) in [4.78, 5) is 25.3. The molecule has 3 amide bonds. The number of halogens is 1. The van der Waals surface area contributed by atoms with Gasteiger partial charge in [-0.3, -0.25) is 4.79 Å². The minimum absolute atomic E-state index is 0.0726. The van der Waals surface area contributed by atoms with Crippen LogP contribution in [0, 0.1) is 6.92 Å². The van der Waals surface area contributed by atoms with Crippen LogP contribution in [0.15, 0.2) is 39.4 Å². The average molecular weight is 394 g/mol. The van der Waals surface area contributed by atoms with Crippen LogP contribution < -0.4 is 10.6 Å². The number of hydrogen-bond acceptors (Lipinski definition) is 3. The Balaban J connectivity index is 2.04. The molecule has 0 spiro atoms. The minimum Gasteiger partial charge on any atom is -0.452 e. The van der Waals surface area contributed by atoms with Crippen molar-refractivity contribution in [3.05, 3.63) is 46.3 Å². The molecule has 0 unspecified atom stereocenters. The number of nitrogens with one attached hydrogen (secondary N) is 2. The van der Waals surface area contributed by atoms with Gasteiger partial charge in [0, 0.05) is 24.8 Å². The summed E-state index contributed by atoms with van der Waals surface area (Å²) in [5.41, 5.74) is 2.22. The standard InChI is InChI=1S/C17H20BrN3O3/c1-4-16(22)19-12-6-5-11(2)14(9-12)20-17(23)21(3)10-13-7-8-15(18)24-13/h5-9H,4,10H2,1-3H3,(H,19,22)(H,20,23). The lowest BCUT2D eigenvalue weighted by Gasteiger charge is -2.18. The molecule has 0 aliphatic heterocycles. The molecule has 0 fully saturated rings. The highest BCUT2D eigenvalue weighted by Crippen LogP contribution is 2.21. The highest BCUT2D eigenvalue weighted by molar-refractivity contribution is 9.10. The van der Waals surface area contributed by atoms with Gasteiger partial charge in [-0.25, -0.2) is 4.79 Å². The van der Waals surface area contributed by atoms with Crippen LogP contribution in [-0.2, 0) is 11.3 Å². The second kappa shape index (κ2) is 8.01. The molecular weight excluding hydrogens is 374 g/mol. The van der Waals surface area contributed by atoms with Crippen molar-refractivity contribution in [1.29, 1.82) is 0 Å². The molecule has 0 aliphatic rings. The molecule has 7 heteroatoms. The van der Waals surface area contributed by atoms with Gasteiger partial charge in [-0.2, -0.15) is 0 Å². The lowest BCUT2D eigenvalue weighted by molar-refractivity contribution is -0.115. The molecule has 1 heterocycles. The van der Waals surface area contributed by atoms with Gasteiger partial charge >= 0.3 is 6.03 Å². The topological polar surface area (TPSA) is 74.6 Å². The van der Waals surface area contributed by atoms with E-state index in [4.69, 9.17) is 4.42 Å². The summed E-state index contributed by atoms with van der Waals surface area (Å²) in [5, 5.41) is 5.63. The zero-order valence-corrected chi connectivity index (χ0v) is 15.4. The molecule has 0 radical (unpaired) electrons. The summed E-state index contributed by atoms with van der Waals surface area (Å²) in [7, 11) is 1.68. The maximum atomic E-state index is 12.3. The molecule has 1 aromatic carbocycles. The summed E-state index contributed by atoms with van der Waals surface area (Å²) < 4.78 is 6.03. The van der Waals surface area contributed by atoms with Crippen molar-refractivity contribution in [2.75, 3.05) is 17.7 Å². The number of nitrogens with zero attached hydrogens (tertiary/aromatic N) is 1. The lowest BCUT2D eigenvalue weighted by Crippen LogP contribution is -2.31. The summed E-state index contributed by atoms with van der Waals surface area (Å²) in [5.74, 6) is 0.608. The van der Waals surface area contributed by atoms with Crippen molar-refractivity contribution >= 4 is 39.2 Å². The Hall–Kier alpha value is -2.28. The average Bonchev–Trinajstić information content (AvgIpc) is 2.95. The number of amides is 3. The Labute approximate surface area is 149 Å². The van der Waals surface area contributed by atoms with Crippen LogP contribution in [0.1, 0.15) is 24.7 Å². The zero-order chi connectivity index (χ0) is 17.7. The van der Waals surface area contributed by atoms with Crippen molar-refractivity contribution in [3.8, 4) is 0 Å². The van der Waals surface area contributed by atoms with Crippen molar-refractivity contribution < 1.29 is 14.0 Å². The third-order valence-corrected chi connectivity index (χ3v) is 3.88. The lowest BCUT2D eigenvalue weighted by atomic mass is 10.1. The van der Waals surface area contributed by atoms with Crippen molar-refractivity contribution in [3.63, 3.8) is 0 Å². The van der Waals surface area contributed by atoms with E-state index in [0.717, 1.165) is 5.56 Å². The fourth-order valence-electron chi connectivity index (χ4n) is 2.04. The number of carbonyl (C=O) groups excluding carboxylic acids is 2. The molecule has 0 atom stereocenters. The molecule has 2 N–H and O–H groups in total. The van der Waals surface area contributed by atoms with E-state index in [1.165, 1.54) is 4.90 Å². The molecule has 0 bridgehead atoms. The SMILES string of the molecule is CCC(=O)Nc1ccc(C)c(NC(=O)N(C)Cc2ccc(Br)o2)c1. The molecule has 2 rings (SSSR count). The van der Waals surface area contributed by atoms with Crippen LogP contribution in [0.3, 0.4) is 0 Å². The number of rotatable bonds is 5. The largest absolute Gasteiger partial charge is 0.452 e. The molecule has 2 aromatic rings. The second-order valence-electron chi connectivity index (χ2n) is 5.42. The Kier molecular flexibility index (Phi) is 6.03. The maximum absolute atomic E-state index is 12.3. The number of urea groups is 1. The third kappa shape index (κ3) is 4.86. The molecule has 1 aromatic heterocycles. The van der Waals surface area contributed by atoms with E-state index in [1.54, 1.807) is 32.2 Å². The molecule has 0 saturated carbocycles. The summed E-state index contributed by atoms with van der Waals surface area (Å²) >= 11 is 3.24. The number of carbonyl (C=O) groups is 2. The zero-order valence-electron chi connectivity index (χ0n) is 13.9.